The number of aliphatic carboxylic acids is 1. The molecule has 0 bridgehead atoms. The topological polar surface area (TPSA) is 127 Å². The first-order valence-corrected chi connectivity index (χ1v) is 7.60. The lowest BCUT2D eigenvalue weighted by atomic mass is 10.1. The van der Waals surface area contributed by atoms with Gasteiger partial charge in [0, 0.05) is 24.6 Å². The van der Waals surface area contributed by atoms with Crippen molar-refractivity contribution in [2.75, 3.05) is 6.54 Å². The number of nitro groups is 1. The van der Waals surface area contributed by atoms with Crippen molar-refractivity contribution in [1.29, 1.82) is 0 Å². The highest BCUT2D eigenvalue weighted by Crippen LogP contribution is 2.25. The summed E-state index contributed by atoms with van der Waals surface area (Å²) in [5, 5.41) is 19.4. The molecule has 0 saturated carbocycles. The zero-order chi connectivity index (χ0) is 16.2. The molecule has 0 aliphatic carbocycles. The third kappa shape index (κ3) is 4.50. The van der Waals surface area contributed by atoms with Crippen molar-refractivity contribution in [1.82, 2.24) is 4.72 Å². The molecular formula is C12H16N2O6S. The van der Waals surface area contributed by atoms with Crippen LogP contribution in [-0.2, 0) is 14.8 Å². The van der Waals surface area contributed by atoms with Crippen molar-refractivity contribution < 1.29 is 23.2 Å². The summed E-state index contributed by atoms with van der Waals surface area (Å²) in [6.07, 6.45) is -0.0168. The first-order valence-electron chi connectivity index (χ1n) is 6.12. The van der Waals surface area contributed by atoms with E-state index in [-0.39, 0.29) is 30.0 Å². The molecule has 0 spiro atoms. The zero-order valence-corrected chi connectivity index (χ0v) is 12.4. The summed E-state index contributed by atoms with van der Waals surface area (Å²) in [6, 6.07) is 2.35. The highest BCUT2D eigenvalue weighted by Gasteiger charge is 2.21. The van der Waals surface area contributed by atoms with Crippen LogP contribution < -0.4 is 4.72 Å². The summed E-state index contributed by atoms with van der Waals surface area (Å²) in [5.41, 5.74) is 0.640. The monoisotopic (exact) mass is 316 g/mol. The van der Waals surface area contributed by atoms with Crippen LogP contribution in [0.5, 0.6) is 0 Å². The Morgan fingerprint density at radius 3 is 2.52 bits per heavy atom. The minimum atomic E-state index is -3.90. The molecule has 9 heteroatoms. The van der Waals surface area contributed by atoms with Crippen LogP contribution in [0, 0.1) is 24.0 Å². The molecule has 1 aromatic carbocycles. The van der Waals surface area contributed by atoms with E-state index in [1.54, 1.807) is 13.8 Å². The van der Waals surface area contributed by atoms with Crippen molar-refractivity contribution in [2.45, 2.75) is 31.6 Å². The molecule has 0 radical (unpaired) electrons. The average Bonchev–Trinajstić information content (AvgIpc) is 2.37. The van der Waals surface area contributed by atoms with Crippen LogP contribution in [0.25, 0.3) is 0 Å². The van der Waals surface area contributed by atoms with Gasteiger partial charge in [0.25, 0.3) is 5.69 Å². The van der Waals surface area contributed by atoms with E-state index < -0.39 is 20.9 Å². The number of nitro benzene ring substituents is 1. The van der Waals surface area contributed by atoms with Gasteiger partial charge in [-0.15, -0.1) is 0 Å². The van der Waals surface area contributed by atoms with Gasteiger partial charge in [0.2, 0.25) is 10.0 Å². The number of benzene rings is 1. The minimum Gasteiger partial charge on any atom is -0.481 e. The van der Waals surface area contributed by atoms with Gasteiger partial charge in [-0.05, 0) is 31.9 Å². The van der Waals surface area contributed by atoms with Crippen molar-refractivity contribution in [3.05, 3.63) is 33.4 Å². The standard InChI is InChI=1S/C12H16N2O6S/c1-8-6-10(7-11(9(8)2)14(17)18)21(19,20)13-5-3-4-12(15)16/h6-7,13H,3-5H2,1-2H3,(H,15,16). The van der Waals surface area contributed by atoms with Crippen molar-refractivity contribution in [3.8, 4) is 0 Å². The summed E-state index contributed by atoms with van der Waals surface area (Å²) in [4.78, 5) is 20.4. The van der Waals surface area contributed by atoms with Gasteiger partial charge in [-0.25, -0.2) is 13.1 Å². The molecule has 0 aliphatic rings. The van der Waals surface area contributed by atoms with Gasteiger partial charge in [0.15, 0.2) is 0 Å². The Morgan fingerprint density at radius 2 is 2.00 bits per heavy atom. The minimum absolute atomic E-state index is 0.0463. The summed E-state index contributed by atoms with van der Waals surface area (Å²) in [5.74, 6) is -1.02. The molecule has 2 N–H and O–H groups in total. The summed E-state index contributed by atoms with van der Waals surface area (Å²) in [7, 11) is -3.90. The van der Waals surface area contributed by atoms with Crippen LogP contribution in [-0.4, -0.2) is 31.0 Å². The maximum atomic E-state index is 12.0. The molecule has 0 amide bonds. The van der Waals surface area contributed by atoms with Gasteiger partial charge < -0.3 is 5.11 Å². The number of carboxylic acid groups (broad SMARTS) is 1. The second-order valence-electron chi connectivity index (χ2n) is 4.54. The molecular weight excluding hydrogens is 300 g/mol. The van der Waals surface area contributed by atoms with Crippen molar-refractivity contribution in [2.24, 2.45) is 0 Å². The Morgan fingerprint density at radius 1 is 1.38 bits per heavy atom. The third-order valence-electron chi connectivity index (χ3n) is 2.98. The summed E-state index contributed by atoms with van der Waals surface area (Å²) < 4.78 is 26.3. The van der Waals surface area contributed by atoms with E-state index in [0.29, 0.717) is 11.1 Å². The SMILES string of the molecule is Cc1cc(S(=O)(=O)NCCCC(=O)O)cc([N+](=O)[O-])c1C. The molecule has 116 valence electrons. The van der Waals surface area contributed by atoms with Crippen LogP contribution in [0.15, 0.2) is 17.0 Å². The maximum Gasteiger partial charge on any atom is 0.303 e. The number of nitrogens with zero attached hydrogens (tertiary/aromatic N) is 1. The van der Waals surface area contributed by atoms with Gasteiger partial charge >= 0.3 is 5.97 Å². The first kappa shape index (κ1) is 17.1. The molecule has 1 rings (SSSR count). The van der Waals surface area contributed by atoms with Crippen LogP contribution in [0.1, 0.15) is 24.0 Å². The van der Waals surface area contributed by atoms with Gasteiger partial charge in [-0.3, -0.25) is 14.9 Å². The molecule has 8 nitrogen and oxygen atoms in total. The van der Waals surface area contributed by atoms with E-state index in [4.69, 9.17) is 5.11 Å². The number of aryl methyl sites for hydroxylation is 1. The smallest absolute Gasteiger partial charge is 0.303 e. The quantitative estimate of drug-likeness (QED) is 0.444. The molecule has 0 aromatic heterocycles. The summed E-state index contributed by atoms with van der Waals surface area (Å²) >= 11 is 0. The van der Waals surface area contributed by atoms with Gasteiger partial charge in [-0.1, -0.05) is 0 Å². The molecule has 0 saturated heterocycles. The molecule has 1 aromatic rings. The third-order valence-corrected chi connectivity index (χ3v) is 4.42. The van der Waals surface area contributed by atoms with Crippen molar-refractivity contribution in [3.63, 3.8) is 0 Å². The van der Waals surface area contributed by atoms with E-state index >= 15 is 0 Å². The van der Waals surface area contributed by atoms with Gasteiger partial charge in [-0.2, -0.15) is 0 Å². The van der Waals surface area contributed by atoms with E-state index in [9.17, 15) is 23.3 Å². The van der Waals surface area contributed by atoms with Crippen molar-refractivity contribution >= 4 is 21.7 Å². The number of hydrogen-bond donors (Lipinski definition) is 2. The fraction of sp³-hybridized carbons (Fsp3) is 0.417. The fourth-order valence-corrected chi connectivity index (χ4v) is 2.86. The second-order valence-corrected chi connectivity index (χ2v) is 6.30. The maximum absolute atomic E-state index is 12.0. The van der Waals surface area contributed by atoms with E-state index in [1.165, 1.54) is 6.07 Å². The predicted molar refractivity (Wildman–Crippen MR) is 74.6 cm³/mol. The van der Waals surface area contributed by atoms with Crippen LogP contribution >= 0.6 is 0 Å². The van der Waals surface area contributed by atoms with Gasteiger partial charge in [0.1, 0.15) is 0 Å². The Balaban J connectivity index is 2.98. The Kier molecular flexibility index (Phi) is 5.39. The normalized spacial score (nSPS) is 11.3. The zero-order valence-electron chi connectivity index (χ0n) is 11.6. The number of carbonyl (C=O) groups is 1. The largest absolute Gasteiger partial charge is 0.481 e. The van der Waals surface area contributed by atoms with E-state index in [2.05, 4.69) is 4.72 Å². The molecule has 0 atom stereocenters. The molecule has 0 unspecified atom stereocenters. The number of sulfonamides is 1. The molecule has 21 heavy (non-hydrogen) atoms. The lowest BCUT2D eigenvalue weighted by Crippen LogP contribution is -2.25. The predicted octanol–water partition coefficient (Wildman–Crippen LogP) is 1.35. The number of hydrogen-bond acceptors (Lipinski definition) is 5. The Bertz CT molecular complexity index is 669. The van der Waals surface area contributed by atoms with Crippen LogP contribution in [0.3, 0.4) is 0 Å². The van der Waals surface area contributed by atoms with E-state index in [1.807, 2.05) is 0 Å². The number of nitrogens with one attached hydrogen (secondary N) is 1. The highest BCUT2D eigenvalue weighted by molar-refractivity contribution is 7.89. The second kappa shape index (κ2) is 6.64. The van der Waals surface area contributed by atoms with Crippen LogP contribution in [0.2, 0.25) is 0 Å². The number of rotatable bonds is 7. The number of carboxylic acids is 1. The molecule has 0 aliphatic heterocycles. The van der Waals surface area contributed by atoms with Crippen LogP contribution in [0.4, 0.5) is 5.69 Å². The Labute approximate surface area is 122 Å². The summed E-state index contributed by atoms with van der Waals surface area (Å²) in [6.45, 7) is 3.09. The Hall–Kier alpha value is -2.00. The average molecular weight is 316 g/mol. The lowest BCUT2D eigenvalue weighted by molar-refractivity contribution is -0.385. The molecule has 0 fully saturated rings. The molecule has 0 heterocycles. The highest BCUT2D eigenvalue weighted by atomic mass is 32.2. The van der Waals surface area contributed by atoms with E-state index in [0.717, 1.165) is 6.07 Å². The first-order chi connectivity index (χ1) is 9.65. The fourth-order valence-electron chi connectivity index (χ4n) is 1.68. The lowest BCUT2D eigenvalue weighted by Gasteiger charge is -2.09. The van der Waals surface area contributed by atoms with Gasteiger partial charge in [0.05, 0.1) is 9.82 Å².